The Morgan fingerprint density at radius 3 is 2.47 bits per heavy atom. The molecule has 6 nitrogen and oxygen atoms in total. The van der Waals surface area contributed by atoms with Crippen LogP contribution in [0.25, 0.3) is 0 Å². The molecular weight excluding hydrogens is 405 g/mol. The number of anilines is 4. The molecular formula is C22H21ClFN5O. The standard InChI is InChI=1S/C22H21ClFN5O/c1-14-13-19(29-11-2-3-12-29)28-22(25-14)27-16-9-7-15(8-10-16)26-21(30)20-17(23)5-4-6-18(20)24/h4-10,13H,2-3,11-12H2,1H3,(H,26,30)(H,25,27,28). The first-order valence-corrected chi connectivity index (χ1v) is 10.1. The summed E-state index contributed by atoms with van der Waals surface area (Å²) in [6, 6.07) is 13.1. The van der Waals surface area contributed by atoms with E-state index in [1.165, 1.54) is 31.0 Å². The van der Waals surface area contributed by atoms with Crippen molar-refractivity contribution in [2.75, 3.05) is 28.6 Å². The van der Waals surface area contributed by atoms with Crippen LogP contribution in [-0.2, 0) is 0 Å². The molecule has 1 aromatic heterocycles. The highest BCUT2D eigenvalue weighted by atomic mass is 35.5. The minimum absolute atomic E-state index is 0.0659. The lowest BCUT2D eigenvalue weighted by atomic mass is 10.2. The summed E-state index contributed by atoms with van der Waals surface area (Å²) in [5.41, 5.74) is 2.01. The van der Waals surface area contributed by atoms with E-state index in [0.717, 1.165) is 30.3 Å². The molecule has 1 saturated heterocycles. The third-order valence-electron chi connectivity index (χ3n) is 4.86. The molecule has 0 radical (unpaired) electrons. The van der Waals surface area contributed by atoms with Crippen LogP contribution in [-0.4, -0.2) is 29.0 Å². The van der Waals surface area contributed by atoms with Gasteiger partial charge in [0.2, 0.25) is 5.95 Å². The molecule has 1 amide bonds. The Morgan fingerprint density at radius 2 is 1.77 bits per heavy atom. The van der Waals surface area contributed by atoms with Gasteiger partial charge in [0.25, 0.3) is 5.91 Å². The number of aromatic nitrogens is 2. The second-order valence-electron chi connectivity index (χ2n) is 7.14. The maximum Gasteiger partial charge on any atom is 0.260 e. The van der Waals surface area contributed by atoms with Gasteiger partial charge in [-0.15, -0.1) is 0 Å². The minimum Gasteiger partial charge on any atom is -0.356 e. The van der Waals surface area contributed by atoms with Crippen molar-refractivity contribution in [1.82, 2.24) is 9.97 Å². The van der Waals surface area contributed by atoms with E-state index in [0.29, 0.717) is 11.6 Å². The maximum atomic E-state index is 13.9. The van der Waals surface area contributed by atoms with E-state index in [-0.39, 0.29) is 10.6 Å². The molecule has 1 aliphatic heterocycles. The summed E-state index contributed by atoms with van der Waals surface area (Å²) in [4.78, 5) is 23.7. The number of nitrogens with zero attached hydrogens (tertiary/aromatic N) is 3. The number of rotatable bonds is 5. The van der Waals surface area contributed by atoms with Crippen LogP contribution in [0.15, 0.2) is 48.5 Å². The fraction of sp³-hybridized carbons (Fsp3) is 0.227. The SMILES string of the molecule is Cc1cc(N2CCCC2)nc(Nc2ccc(NC(=O)c3c(F)cccc3Cl)cc2)n1. The summed E-state index contributed by atoms with van der Waals surface area (Å²) in [6.45, 7) is 3.96. The third-order valence-corrected chi connectivity index (χ3v) is 5.17. The van der Waals surface area contributed by atoms with Gasteiger partial charge in [0.1, 0.15) is 11.6 Å². The first-order chi connectivity index (χ1) is 14.5. The summed E-state index contributed by atoms with van der Waals surface area (Å²) in [5, 5.41) is 5.92. The van der Waals surface area contributed by atoms with Crippen LogP contribution in [0.1, 0.15) is 28.9 Å². The molecule has 0 saturated carbocycles. The molecule has 1 aliphatic rings. The van der Waals surface area contributed by atoms with E-state index in [1.54, 1.807) is 24.3 Å². The van der Waals surface area contributed by atoms with Crippen LogP contribution in [0.3, 0.4) is 0 Å². The lowest BCUT2D eigenvalue weighted by Crippen LogP contribution is -2.19. The number of halogens is 2. The van der Waals surface area contributed by atoms with Gasteiger partial charge in [0.05, 0.1) is 10.6 Å². The van der Waals surface area contributed by atoms with E-state index in [9.17, 15) is 9.18 Å². The molecule has 154 valence electrons. The van der Waals surface area contributed by atoms with Crippen molar-refractivity contribution in [3.05, 3.63) is 70.6 Å². The smallest absolute Gasteiger partial charge is 0.260 e. The Balaban J connectivity index is 1.46. The van der Waals surface area contributed by atoms with Crippen molar-refractivity contribution in [3.8, 4) is 0 Å². The molecule has 2 heterocycles. The zero-order chi connectivity index (χ0) is 21.1. The van der Waals surface area contributed by atoms with Gasteiger partial charge in [-0.1, -0.05) is 17.7 Å². The van der Waals surface area contributed by atoms with E-state index < -0.39 is 11.7 Å². The fourth-order valence-electron chi connectivity index (χ4n) is 3.39. The monoisotopic (exact) mass is 425 g/mol. The molecule has 3 aromatic rings. The highest BCUT2D eigenvalue weighted by Gasteiger charge is 2.17. The molecule has 0 unspecified atom stereocenters. The van der Waals surface area contributed by atoms with E-state index in [1.807, 2.05) is 13.0 Å². The average molecular weight is 426 g/mol. The predicted molar refractivity (Wildman–Crippen MR) is 117 cm³/mol. The zero-order valence-electron chi connectivity index (χ0n) is 16.5. The van der Waals surface area contributed by atoms with Crippen LogP contribution < -0.4 is 15.5 Å². The van der Waals surface area contributed by atoms with E-state index in [4.69, 9.17) is 11.6 Å². The van der Waals surface area contributed by atoms with Crippen LogP contribution in [0.5, 0.6) is 0 Å². The third kappa shape index (κ3) is 4.52. The summed E-state index contributed by atoms with van der Waals surface area (Å²) < 4.78 is 13.9. The molecule has 0 spiro atoms. The Kier molecular flexibility index (Phi) is 5.81. The fourth-order valence-corrected chi connectivity index (χ4v) is 3.64. The quantitative estimate of drug-likeness (QED) is 0.589. The summed E-state index contributed by atoms with van der Waals surface area (Å²) in [6.07, 6.45) is 2.36. The predicted octanol–water partition coefficient (Wildman–Crippen LogP) is 5.17. The molecule has 0 atom stereocenters. The number of amides is 1. The molecule has 2 N–H and O–H groups in total. The number of nitrogens with one attached hydrogen (secondary N) is 2. The molecule has 0 bridgehead atoms. The Hall–Kier alpha value is -3.19. The van der Waals surface area contributed by atoms with Crippen molar-refractivity contribution < 1.29 is 9.18 Å². The first kappa shape index (κ1) is 20.1. The van der Waals surface area contributed by atoms with Crippen molar-refractivity contribution in [2.24, 2.45) is 0 Å². The topological polar surface area (TPSA) is 70.2 Å². The number of hydrogen-bond donors (Lipinski definition) is 2. The molecule has 0 aliphatic carbocycles. The average Bonchev–Trinajstić information content (AvgIpc) is 3.24. The van der Waals surface area contributed by atoms with Crippen LogP contribution >= 0.6 is 11.6 Å². The second kappa shape index (κ2) is 8.67. The highest BCUT2D eigenvalue weighted by molar-refractivity contribution is 6.34. The Bertz CT molecular complexity index is 1050. The van der Waals surface area contributed by atoms with Gasteiger partial charge in [0.15, 0.2) is 0 Å². The molecule has 4 rings (SSSR count). The van der Waals surface area contributed by atoms with Gasteiger partial charge in [-0.3, -0.25) is 4.79 Å². The molecule has 2 aromatic carbocycles. The van der Waals surface area contributed by atoms with E-state index in [2.05, 4.69) is 25.5 Å². The first-order valence-electron chi connectivity index (χ1n) is 9.73. The van der Waals surface area contributed by atoms with Gasteiger partial charge >= 0.3 is 0 Å². The highest BCUT2D eigenvalue weighted by Crippen LogP contribution is 2.24. The normalized spacial score (nSPS) is 13.4. The van der Waals surface area contributed by atoms with Gasteiger partial charge in [-0.2, -0.15) is 4.98 Å². The Labute approximate surface area is 179 Å². The molecule has 1 fully saturated rings. The number of aryl methyl sites for hydroxylation is 1. The molecule has 30 heavy (non-hydrogen) atoms. The number of carbonyl (C=O) groups is 1. The largest absolute Gasteiger partial charge is 0.356 e. The van der Waals surface area contributed by atoms with Crippen LogP contribution in [0.2, 0.25) is 5.02 Å². The van der Waals surface area contributed by atoms with Crippen LogP contribution in [0.4, 0.5) is 27.5 Å². The van der Waals surface area contributed by atoms with Gasteiger partial charge < -0.3 is 15.5 Å². The number of carbonyl (C=O) groups excluding carboxylic acids is 1. The van der Waals surface area contributed by atoms with Gasteiger partial charge in [-0.05, 0) is 56.2 Å². The van der Waals surface area contributed by atoms with E-state index >= 15 is 0 Å². The maximum absolute atomic E-state index is 13.9. The second-order valence-corrected chi connectivity index (χ2v) is 7.55. The van der Waals surface area contributed by atoms with Crippen molar-refractivity contribution in [3.63, 3.8) is 0 Å². The summed E-state index contributed by atoms with van der Waals surface area (Å²) >= 11 is 5.95. The number of hydrogen-bond acceptors (Lipinski definition) is 5. The molecule has 8 heteroatoms. The lowest BCUT2D eigenvalue weighted by molar-refractivity contribution is 0.102. The van der Waals surface area contributed by atoms with Crippen LogP contribution in [0, 0.1) is 12.7 Å². The van der Waals surface area contributed by atoms with Crippen molar-refractivity contribution >= 4 is 40.6 Å². The van der Waals surface area contributed by atoms with Gasteiger partial charge in [0, 0.05) is 36.2 Å². The summed E-state index contributed by atoms with van der Waals surface area (Å²) in [5.74, 6) is 0.180. The minimum atomic E-state index is -0.663. The van der Waals surface area contributed by atoms with Crippen molar-refractivity contribution in [2.45, 2.75) is 19.8 Å². The van der Waals surface area contributed by atoms with Crippen molar-refractivity contribution in [1.29, 1.82) is 0 Å². The zero-order valence-corrected chi connectivity index (χ0v) is 17.2. The number of benzene rings is 2. The summed E-state index contributed by atoms with van der Waals surface area (Å²) in [7, 11) is 0. The lowest BCUT2D eigenvalue weighted by Gasteiger charge is -2.17. The Morgan fingerprint density at radius 1 is 1.07 bits per heavy atom. The van der Waals surface area contributed by atoms with Gasteiger partial charge in [-0.25, -0.2) is 9.37 Å².